The van der Waals surface area contributed by atoms with Crippen molar-refractivity contribution < 1.29 is 9.53 Å². The van der Waals surface area contributed by atoms with Crippen LogP contribution < -0.4 is 10.1 Å². The number of aromatic nitrogens is 2. The average molecular weight is 271 g/mol. The second-order valence-corrected chi connectivity index (χ2v) is 5.03. The molecule has 0 aliphatic heterocycles. The standard InChI is InChI=1S/C15H17N3O2/c1-11-4-2-3-5-14(11)20-10-18-9-8-13(17-18)15(19)16-12-6-7-12/h2-5,8-9,12H,6-7,10H2,1H3,(H,16,19). The second-order valence-electron chi connectivity index (χ2n) is 5.03. The molecule has 1 saturated carbocycles. The van der Waals surface area contributed by atoms with E-state index < -0.39 is 0 Å². The molecule has 0 saturated heterocycles. The summed E-state index contributed by atoms with van der Waals surface area (Å²) in [4.78, 5) is 11.8. The number of para-hydroxylation sites is 1. The molecule has 0 spiro atoms. The van der Waals surface area contributed by atoms with Crippen LogP contribution in [0.5, 0.6) is 5.75 Å². The van der Waals surface area contributed by atoms with Crippen LogP contribution in [0.4, 0.5) is 0 Å². The number of carbonyl (C=O) groups is 1. The van der Waals surface area contributed by atoms with Crippen molar-refractivity contribution in [2.75, 3.05) is 0 Å². The molecule has 1 aromatic carbocycles. The third-order valence-corrected chi connectivity index (χ3v) is 3.23. The van der Waals surface area contributed by atoms with Gasteiger partial charge in [-0.2, -0.15) is 5.10 Å². The van der Waals surface area contributed by atoms with Crippen LogP contribution in [0.2, 0.25) is 0 Å². The average Bonchev–Trinajstić information content (AvgIpc) is 3.13. The van der Waals surface area contributed by atoms with Crippen molar-refractivity contribution in [1.82, 2.24) is 15.1 Å². The largest absolute Gasteiger partial charge is 0.471 e. The van der Waals surface area contributed by atoms with E-state index in [-0.39, 0.29) is 5.91 Å². The van der Waals surface area contributed by atoms with E-state index in [4.69, 9.17) is 4.74 Å². The van der Waals surface area contributed by atoms with Gasteiger partial charge in [-0.3, -0.25) is 4.79 Å². The van der Waals surface area contributed by atoms with Crippen LogP contribution in [0.25, 0.3) is 0 Å². The number of nitrogens with zero attached hydrogens (tertiary/aromatic N) is 2. The van der Waals surface area contributed by atoms with Gasteiger partial charge in [-0.1, -0.05) is 18.2 Å². The quantitative estimate of drug-likeness (QED) is 0.906. The third kappa shape index (κ3) is 2.99. The first kappa shape index (κ1) is 12.7. The highest BCUT2D eigenvalue weighted by atomic mass is 16.5. The Balaban J connectivity index is 1.59. The number of hydrogen-bond donors (Lipinski definition) is 1. The van der Waals surface area contributed by atoms with Crippen LogP contribution in [0.1, 0.15) is 28.9 Å². The molecule has 0 atom stereocenters. The normalized spacial score (nSPS) is 14.1. The smallest absolute Gasteiger partial charge is 0.271 e. The first-order valence-corrected chi connectivity index (χ1v) is 6.75. The van der Waals surface area contributed by atoms with E-state index in [0.717, 1.165) is 24.2 Å². The molecule has 1 amide bonds. The lowest BCUT2D eigenvalue weighted by Gasteiger charge is -2.08. The van der Waals surface area contributed by atoms with Crippen LogP contribution in [0.3, 0.4) is 0 Å². The van der Waals surface area contributed by atoms with Gasteiger partial charge in [0.15, 0.2) is 6.73 Å². The highest BCUT2D eigenvalue weighted by Crippen LogP contribution is 2.19. The third-order valence-electron chi connectivity index (χ3n) is 3.23. The van der Waals surface area contributed by atoms with E-state index in [0.29, 0.717) is 18.5 Å². The molecule has 3 rings (SSSR count). The minimum atomic E-state index is -0.109. The molecule has 5 heteroatoms. The SMILES string of the molecule is Cc1ccccc1OCn1ccc(C(=O)NC2CC2)n1. The molecule has 1 aliphatic rings. The van der Waals surface area contributed by atoms with Crippen LogP contribution in [-0.4, -0.2) is 21.7 Å². The molecule has 0 bridgehead atoms. The summed E-state index contributed by atoms with van der Waals surface area (Å²) in [5, 5.41) is 7.13. The van der Waals surface area contributed by atoms with Crippen molar-refractivity contribution in [2.24, 2.45) is 0 Å². The number of nitrogens with one attached hydrogen (secondary N) is 1. The summed E-state index contributed by atoms with van der Waals surface area (Å²) in [5.74, 6) is 0.717. The number of benzene rings is 1. The highest BCUT2D eigenvalue weighted by Gasteiger charge is 2.24. The topological polar surface area (TPSA) is 56.1 Å². The summed E-state index contributed by atoms with van der Waals surface area (Å²) in [5.41, 5.74) is 1.51. The van der Waals surface area contributed by atoms with E-state index in [1.807, 2.05) is 31.2 Å². The summed E-state index contributed by atoms with van der Waals surface area (Å²) < 4.78 is 7.30. The molecule has 1 aliphatic carbocycles. The van der Waals surface area contributed by atoms with Gasteiger partial charge < -0.3 is 10.1 Å². The van der Waals surface area contributed by atoms with Crippen molar-refractivity contribution in [3.8, 4) is 5.75 Å². The molecule has 1 N–H and O–H groups in total. The zero-order valence-corrected chi connectivity index (χ0v) is 11.4. The van der Waals surface area contributed by atoms with Crippen LogP contribution in [0, 0.1) is 6.92 Å². The fourth-order valence-corrected chi connectivity index (χ4v) is 1.90. The number of rotatable bonds is 5. The Kier molecular flexibility index (Phi) is 3.41. The van der Waals surface area contributed by atoms with E-state index >= 15 is 0 Å². The molecule has 2 aromatic rings. The molecule has 1 fully saturated rings. The minimum Gasteiger partial charge on any atom is -0.471 e. The van der Waals surface area contributed by atoms with E-state index in [2.05, 4.69) is 10.4 Å². The van der Waals surface area contributed by atoms with Gasteiger partial charge in [-0.05, 0) is 37.5 Å². The molecule has 5 nitrogen and oxygen atoms in total. The predicted octanol–water partition coefficient (Wildman–Crippen LogP) is 2.12. The molecular formula is C15H17N3O2. The van der Waals surface area contributed by atoms with Gasteiger partial charge in [0.2, 0.25) is 0 Å². The first-order chi connectivity index (χ1) is 9.72. The zero-order chi connectivity index (χ0) is 13.9. The lowest BCUT2D eigenvalue weighted by molar-refractivity contribution is 0.0944. The number of carbonyl (C=O) groups excluding carboxylic acids is 1. The van der Waals surface area contributed by atoms with Crippen molar-refractivity contribution in [3.05, 3.63) is 47.8 Å². The van der Waals surface area contributed by atoms with Gasteiger partial charge in [0.05, 0.1) is 0 Å². The van der Waals surface area contributed by atoms with Gasteiger partial charge in [-0.25, -0.2) is 4.68 Å². The molecular weight excluding hydrogens is 254 g/mol. The summed E-state index contributed by atoms with van der Waals surface area (Å²) in [6.45, 7) is 2.29. The number of ether oxygens (including phenoxy) is 1. The van der Waals surface area contributed by atoms with Gasteiger partial charge in [0.25, 0.3) is 5.91 Å². The van der Waals surface area contributed by atoms with Gasteiger partial charge in [0.1, 0.15) is 11.4 Å². The Morgan fingerprint density at radius 1 is 1.40 bits per heavy atom. The zero-order valence-electron chi connectivity index (χ0n) is 11.4. The molecule has 20 heavy (non-hydrogen) atoms. The monoisotopic (exact) mass is 271 g/mol. The Morgan fingerprint density at radius 2 is 2.20 bits per heavy atom. The van der Waals surface area contributed by atoms with Crippen molar-refractivity contribution in [2.45, 2.75) is 32.5 Å². The minimum absolute atomic E-state index is 0.109. The molecule has 0 radical (unpaired) electrons. The fraction of sp³-hybridized carbons (Fsp3) is 0.333. The van der Waals surface area contributed by atoms with Crippen molar-refractivity contribution in [3.63, 3.8) is 0 Å². The highest BCUT2D eigenvalue weighted by molar-refractivity contribution is 5.92. The maximum absolute atomic E-state index is 11.8. The Hall–Kier alpha value is -2.30. The van der Waals surface area contributed by atoms with E-state index in [1.165, 1.54) is 0 Å². The number of amides is 1. The number of hydrogen-bond acceptors (Lipinski definition) is 3. The maximum Gasteiger partial charge on any atom is 0.271 e. The van der Waals surface area contributed by atoms with Gasteiger partial charge in [-0.15, -0.1) is 0 Å². The number of aryl methyl sites for hydroxylation is 1. The lowest BCUT2D eigenvalue weighted by atomic mass is 10.2. The second kappa shape index (κ2) is 5.36. The lowest BCUT2D eigenvalue weighted by Crippen LogP contribution is -2.26. The van der Waals surface area contributed by atoms with Crippen molar-refractivity contribution >= 4 is 5.91 Å². The summed E-state index contributed by atoms with van der Waals surface area (Å²) in [6.07, 6.45) is 3.89. The van der Waals surface area contributed by atoms with Crippen LogP contribution in [0.15, 0.2) is 36.5 Å². The van der Waals surface area contributed by atoms with Gasteiger partial charge >= 0.3 is 0 Å². The van der Waals surface area contributed by atoms with Crippen LogP contribution in [-0.2, 0) is 6.73 Å². The summed E-state index contributed by atoms with van der Waals surface area (Å²) in [7, 11) is 0. The Morgan fingerprint density at radius 3 is 2.95 bits per heavy atom. The first-order valence-electron chi connectivity index (χ1n) is 6.75. The van der Waals surface area contributed by atoms with Crippen molar-refractivity contribution in [1.29, 1.82) is 0 Å². The molecule has 1 heterocycles. The molecule has 104 valence electrons. The van der Waals surface area contributed by atoms with E-state index in [9.17, 15) is 4.79 Å². The van der Waals surface area contributed by atoms with Gasteiger partial charge in [0, 0.05) is 12.2 Å². The predicted molar refractivity (Wildman–Crippen MR) is 74.5 cm³/mol. The summed E-state index contributed by atoms with van der Waals surface area (Å²) in [6, 6.07) is 9.86. The van der Waals surface area contributed by atoms with E-state index in [1.54, 1.807) is 16.9 Å². The Bertz CT molecular complexity index is 617. The Labute approximate surface area is 117 Å². The molecule has 1 aromatic heterocycles. The maximum atomic E-state index is 11.8. The molecule has 0 unspecified atom stereocenters. The summed E-state index contributed by atoms with van der Waals surface area (Å²) >= 11 is 0. The fourth-order valence-electron chi connectivity index (χ4n) is 1.90. The van der Waals surface area contributed by atoms with Crippen LogP contribution >= 0.6 is 0 Å².